The third-order valence-electron chi connectivity index (χ3n) is 5.71. The Balaban J connectivity index is 1.34. The van der Waals surface area contributed by atoms with E-state index in [9.17, 15) is 8.42 Å². The Morgan fingerprint density at radius 2 is 1.60 bits per heavy atom. The number of imidazole rings is 1. The van der Waals surface area contributed by atoms with Crippen molar-refractivity contribution in [2.45, 2.75) is 24.8 Å². The summed E-state index contributed by atoms with van der Waals surface area (Å²) in [5, 5.41) is 0. The van der Waals surface area contributed by atoms with Crippen LogP contribution in [0.2, 0.25) is 0 Å². The zero-order valence-corrected chi connectivity index (χ0v) is 18.1. The first kappa shape index (κ1) is 20.8. The van der Waals surface area contributed by atoms with Crippen LogP contribution in [0, 0.1) is 0 Å². The van der Waals surface area contributed by atoms with E-state index in [0.29, 0.717) is 18.0 Å². The summed E-state index contributed by atoms with van der Waals surface area (Å²) in [6, 6.07) is 17.4. The Hall–Kier alpha value is -2.48. The summed E-state index contributed by atoms with van der Waals surface area (Å²) in [4.78, 5) is 7.21. The van der Waals surface area contributed by atoms with Crippen molar-refractivity contribution in [3.63, 3.8) is 0 Å². The molecule has 1 aliphatic rings. The number of rotatable bonds is 7. The summed E-state index contributed by atoms with van der Waals surface area (Å²) in [5.74, 6) is 0.965. The second kappa shape index (κ2) is 9.12. The van der Waals surface area contributed by atoms with E-state index in [4.69, 9.17) is 0 Å². The Morgan fingerprint density at radius 3 is 2.27 bits per heavy atom. The maximum atomic E-state index is 12.9. The van der Waals surface area contributed by atoms with E-state index in [1.165, 1.54) is 0 Å². The van der Waals surface area contributed by atoms with Crippen LogP contribution < -0.4 is 0 Å². The maximum absolute atomic E-state index is 12.9. The van der Waals surface area contributed by atoms with Gasteiger partial charge in [0.1, 0.15) is 5.82 Å². The molecule has 1 aliphatic heterocycles. The van der Waals surface area contributed by atoms with Gasteiger partial charge in [-0.2, -0.15) is 4.31 Å². The van der Waals surface area contributed by atoms with Crippen LogP contribution >= 0.6 is 0 Å². The van der Waals surface area contributed by atoms with Gasteiger partial charge in [-0.3, -0.25) is 4.90 Å². The summed E-state index contributed by atoms with van der Waals surface area (Å²) >= 11 is 0. The van der Waals surface area contributed by atoms with Crippen molar-refractivity contribution < 1.29 is 8.42 Å². The monoisotopic (exact) mass is 424 g/mol. The lowest BCUT2D eigenvalue weighted by Gasteiger charge is -2.34. The van der Waals surface area contributed by atoms with Crippen LogP contribution in [0.3, 0.4) is 0 Å². The number of nitrogens with zero attached hydrogens (tertiary/aromatic N) is 4. The van der Waals surface area contributed by atoms with Crippen molar-refractivity contribution in [3.8, 4) is 11.4 Å². The van der Waals surface area contributed by atoms with Gasteiger partial charge in [0.15, 0.2) is 0 Å². The highest BCUT2D eigenvalue weighted by Crippen LogP contribution is 2.19. The molecule has 0 spiro atoms. The van der Waals surface area contributed by atoms with E-state index in [-0.39, 0.29) is 0 Å². The fourth-order valence-corrected chi connectivity index (χ4v) is 5.25. The summed E-state index contributed by atoms with van der Waals surface area (Å²) in [6.45, 7) is 6.28. The number of piperazine rings is 1. The molecule has 6 nitrogen and oxygen atoms in total. The van der Waals surface area contributed by atoms with Crippen LogP contribution in [0.25, 0.3) is 11.4 Å². The van der Waals surface area contributed by atoms with E-state index < -0.39 is 10.0 Å². The largest absolute Gasteiger partial charge is 0.330 e. The molecule has 30 heavy (non-hydrogen) atoms. The smallest absolute Gasteiger partial charge is 0.243 e. The third kappa shape index (κ3) is 4.48. The maximum Gasteiger partial charge on any atom is 0.243 e. The van der Waals surface area contributed by atoms with Crippen LogP contribution in [0.5, 0.6) is 0 Å². The first-order chi connectivity index (χ1) is 14.6. The zero-order chi connectivity index (χ0) is 21.0. The molecule has 0 radical (unpaired) electrons. The number of hydrogen-bond donors (Lipinski definition) is 0. The minimum atomic E-state index is -3.42. The van der Waals surface area contributed by atoms with Gasteiger partial charge >= 0.3 is 0 Å². The molecule has 1 saturated heterocycles. The number of sulfonamides is 1. The van der Waals surface area contributed by atoms with Gasteiger partial charge in [0.2, 0.25) is 10.0 Å². The van der Waals surface area contributed by atoms with E-state index >= 15 is 0 Å². The SMILES string of the molecule is CCc1ccc(S(=O)(=O)N2CCN(CCn3ccnc3-c3ccccc3)CC2)cc1. The molecule has 0 atom stereocenters. The molecule has 0 unspecified atom stereocenters. The van der Waals surface area contributed by atoms with E-state index in [2.05, 4.69) is 33.5 Å². The molecule has 0 aliphatic carbocycles. The van der Waals surface area contributed by atoms with E-state index in [0.717, 1.165) is 49.6 Å². The molecule has 158 valence electrons. The number of aryl methyl sites for hydroxylation is 1. The van der Waals surface area contributed by atoms with Crippen molar-refractivity contribution in [1.29, 1.82) is 0 Å². The number of aromatic nitrogens is 2. The summed E-state index contributed by atoms with van der Waals surface area (Å²) in [6.07, 6.45) is 4.74. The molecule has 0 amide bonds. The molecule has 1 aromatic heterocycles. The highest BCUT2D eigenvalue weighted by molar-refractivity contribution is 7.89. The normalized spacial score (nSPS) is 16.0. The summed E-state index contributed by atoms with van der Waals surface area (Å²) in [7, 11) is -3.42. The summed E-state index contributed by atoms with van der Waals surface area (Å²) < 4.78 is 29.6. The van der Waals surface area contributed by atoms with E-state index in [1.807, 2.05) is 42.7 Å². The van der Waals surface area contributed by atoms with Crippen molar-refractivity contribution in [2.24, 2.45) is 0 Å². The highest BCUT2D eigenvalue weighted by Gasteiger charge is 2.28. The molecule has 2 aromatic carbocycles. The lowest BCUT2D eigenvalue weighted by molar-refractivity contribution is 0.183. The Morgan fingerprint density at radius 1 is 0.900 bits per heavy atom. The van der Waals surface area contributed by atoms with Gasteiger partial charge in [-0.25, -0.2) is 13.4 Å². The standard InChI is InChI=1S/C23H28N4O2S/c1-2-20-8-10-22(11-9-20)30(28,29)27-18-15-25(16-19-27)14-17-26-13-12-24-23(26)21-6-4-3-5-7-21/h3-13H,2,14-19H2,1H3. The van der Waals surface area contributed by atoms with Crippen molar-refractivity contribution in [1.82, 2.24) is 18.8 Å². The highest BCUT2D eigenvalue weighted by atomic mass is 32.2. The van der Waals surface area contributed by atoms with Crippen molar-refractivity contribution in [3.05, 3.63) is 72.6 Å². The zero-order valence-electron chi connectivity index (χ0n) is 17.3. The third-order valence-corrected chi connectivity index (χ3v) is 7.62. The van der Waals surface area contributed by atoms with Gasteiger partial charge in [0.05, 0.1) is 4.90 Å². The second-order valence-electron chi connectivity index (χ2n) is 7.55. The molecular formula is C23H28N4O2S. The van der Waals surface area contributed by atoms with Gasteiger partial charge in [-0.05, 0) is 24.1 Å². The minimum absolute atomic E-state index is 0.388. The number of benzene rings is 2. The molecule has 7 heteroatoms. The fraction of sp³-hybridized carbons (Fsp3) is 0.348. The Bertz CT molecular complexity index is 1050. The van der Waals surface area contributed by atoms with Gasteiger partial charge in [-0.1, -0.05) is 49.4 Å². The lowest BCUT2D eigenvalue weighted by atomic mass is 10.2. The van der Waals surface area contributed by atoms with Crippen molar-refractivity contribution >= 4 is 10.0 Å². The van der Waals surface area contributed by atoms with Crippen molar-refractivity contribution in [2.75, 3.05) is 32.7 Å². The predicted molar refractivity (Wildman–Crippen MR) is 119 cm³/mol. The fourth-order valence-electron chi connectivity index (χ4n) is 3.83. The quantitative estimate of drug-likeness (QED) is 0.585. The first-order valence-electron chi connectivity index (χ1n) is 10.5. The van der Waals surface area contributed by atoms with Crippen LogP contribution in [0.15, 0.2) is 71.9 Å². The minimum Gasteiger partial charge on any atom is -0.330 e. The van der Waals surface area contributed by atoms with E-state index in [1.54, 1.807) is 16.4 Å². The molecular weight excluding hydrogens is 396 g/mol. The molecule has 0 N–H and O–H groups in total. The Labute approximate surface area is 178 Å². The molecule has 2 heterocycles. The first-order valence-corrected chi connectivity index (χ1v) is 11.9. The topological polar surface area (TPSA) is 58.4 Å². The van der Waals surface area contributed by atoms with Crippen LogP contribution in [0.1, 0.15) is 12.5 Å². The number of hydrogen-bond acceptors (Lipinski definition) is 4. The average molecular weight is 425 g/mol. The van der Waals surface area contributed by atoms with Crippen LogP contribution in [-0.2, 0) is 23.0 Å². The Kier molecular flexibility index (Phi) is 6.32. The second-order valence-corrected chi connectivity index (χ2v) is 9.49. The molecule has 4 rings (SSSR count). The molecule has 1 fully saturated rings. The van der Waals surface area contributed by atoms with Gasteiger partial charge in [-0.15, -0.1) is 0 Å². The van der Waals surface area contributed by atoms with Gasteiger partial charge in [0.25, 0.3) is 0 Å². The predicted octanol–water partition coefficient (Wildman–Crippen LogP) is 3.12. The molecule has 3 aromatic rings. The molecule has 0 bridgehead atoms. The lowest BCUT2D eigenvalue weighted by Crippen LogP contribution is -2.49. The van der Waals surface area contributed by atoms with Crippen LogP contribution in [0.4, 0.5) is 0 Å². The van der Waals surface area contributed by atoms with Crippen LogP contribution in [-0.4, -0.2) is 59.9 Å². The summed E-state index contributed by atoms with van der Waals surface area (Å²) in [5.41, 5.74) is 2.25. The van der Waals surface area contributed by atoms with Gasteiger partial charge < -0.3 is 4.57 Å². The van der Waals surface area contributed by atoms with Gasteiger partial charge in [0, 0.05) is 57.2 Å². The average Bonchev–Trinajstić information content (AvgIpc) is 3.27. The molecule has 0 saturated carbocycles.